The van der Waals surface area contributed by atoms with Crippen LogP contribution in [0.1, 0.15) is 44.6 Å². The number of carbonyl (C=O) groups is 1. The van der Waals surface area contributed by atoms with Gasteiger partial charge in [0.25, 0.3) is 0 Å². The smallest absolute Gasteiger partial charge is 0.244 e. The quantitative estimate of drug-likeness (QED) is 0.861. The number of hydrogen-bond donors (Lipinski definition) is 2. The second-order valence-electron chi connectivity index (χ2n) is 5.22. The van der Waals surface area contributed by atoms with E-state index >= 15 is 0 Å². The molecule has 1 aliphatic carbocycles. The van der Waals surface area contributed by atoms with Gasteiger partial charge in [-0.1, -0.05) is 38.3 Å². The highest BCUT2D eigenvalue weighted by molar-refractivity contribution is 5.98. The van der Waals surface area contributed by atoms with Crippen LogP contribution in [0, 0.1) is 0 Å². The fourth-order valence-electron chi connectivity index (χ4n) is 2.53. The average Bonchev–Trinajstić information content (AvgIpc) is 2.40. The highest BCUT2D eigenvalue weighted by Gasteiger charge is 2.35. The first-order chi connectivity index (χ1) is 8.64. The summed E-state index contributed by atoms with van der Waals surface area (Å²) in [7, 11) is 0. The first-order valence-corrected chi connectivity index (χ1v) is 6.83. The van der Waals surface area contributed by atoms with Crippen LogP contribution < -0.4 is 11.1 Å². The molecule has 1 saturated carbocycles. The Morgan fingerprint density at radius 2 is 2.06 bits per heavy atom. The third kappa shape index (κ3) is 2.91. The minimum atomic E-state index is -0.666. The topological polar surface area (TPSA) is 55.1 Å². The molecule has 98 valence electrons. The molecular weight excluding hydrogens is 224 g/mol. The summed E-state index contributed by atoms with van der Waals surface area (Å²) in [6, 6.07) is 7.97. The molecule has 1 amide bonds. The predicted octanol–water partition coefficient (Wildman–Crippen LogP) is 2.85. The van der Waals surface area contributed by atoms with Gasteiger partial charge in [0.1, 0.15) is 0 Å². The maximum Gasteiger partial charge on any atom is 0.244 e. The van der Waals surface area contributed by atoms with Crippen molar-refractivity contribution in [3.63, 3.8) is 0 Å². The zero-order valence-electron chi connectivity index (χ0n) is 11.0. The number of carbonyl (C=O) groups excluding carboxylic acids is 1. The van der Waals surface area contributed by atoms with Gasteiger partial charge in [0, 0.05) is 5.69 Å². The Hall–Kier alpha value is -1.35. The van der Waals surface area contributed by atoms with Gasteiger partial charge in [-0.3, -0.25) is 4.79 Å². The number of hydrogen-bond acceptors (Lipinski definition) is 2. The molecule has 0 heterocycles. The highest BCUT2D eigenvalue weighted by atomic mass is 16.2. The maximum atomic E-state index is 12.3. The van der Waals surface area contributed by atoms with Crippen LogP contribution in [-0.2, 0) is 11.2 Å². The molecule has 0 unspecified atom stereocenters. The molecule has 0 atom stereocenters. The van der Waals surface area contributed by atoms with Crippen molar-refractivity contribution >= 4 is 11.6 Å². The van der Waals surface area contributed by atoms with Gasteiger partial charge in [-0.05, 0) is 37.0 Å². The van der Waals surface area contributed by atoms with Crippen molar-refractivity contribution in [2.45, 2.75) is 51.0 Å². The number of rotatable bonds is 3. The van der Waals surface area contributed by atoms with Crippen molar-refractivity contribution in [2.75, 3.05) is 5.32 Å². The lowest BCUT2D eigenvalue weighted by Crippen LogP contribution is -2.52. The molecule has 0 spiro atoms. The molecule has 0 aromatic heterocycles. The third-order valence-electron chi connectivity index (χ3n) is 3.79. The number of nitrogens with two attached hydrogens (primary N) is 1. The Kier molecular flexibility index (Phi) is 4.02. The Balaban J connectivity index is 2.05. The first-order valence-electron chi connectivity index (χ1n) is 6.83. The molecule has 1 aromatic rings. The molecule has 0 bridgehead atoms. The van der Waals surface area contributed by atoms with E-state index in [1.807, 2.05) is 18.2 Å². The van der Waals surface area contributed by atoms with E-state index in [9.17, 15) is 4.79 Å². The summed E-state index contributed by atoms with van der Waals surface area (Å²) in [5.74, 6) is -0.0320. The van der Waals surface area contributed by atoms with Crippen LogP contribution >= 0.6 is 0 Å². The molecule has 1 fully saturated rings. The highest BCUT2D eigenvalue weighted by Crippen LogP contribution is 2.27. The largest absolute Gasteiger partial charge is 0.324 e. The number of benzene rings is 1. The fourth-order valence-corrected chi connectivity index (χ4v) is 2.53. The van der Waals surface area contributed by atoms with Gasteiger partial charge < -0.3 is 11.1 Å². The van der Waals surface area contributed by atoms with E-state index in [0.717, 1.165) is 37.8 Å². The molecule has 18 heavy (non-hydrogen) atoms. The van der Waals surface area contributed by atoms with E-state index < -0.39 is 5.54 Å². The van der Waals surface area contributed by atoms with Crippen molar-refractivity contribution in [3.8, 4) is 0 Å². The molecule has 3 nitrogen and oxygen atoms in total. The van der Waals surface area contributed by atoms with Crippen molar-refractivity contribution in [1.29, 1.82) is 0 Å². The third-order valence-corrected chi connectivity index (χ3v) is 3.79. The normalized spacial score (nSPS) is 18.3. The van der Waals surface area contributed by atoms with E-state index in [1.54, 1.807) is 0 Å². The van der Waals surface area contributed by atoms with Crippen molar-refractivity contribution in [1.82, 2.24) is 0 Å². The lowest BCUT2D eigenvalue weighted by Gasteiger charge is -2.31. The zero-order chi connectivity index (χ0) is 13.0. The van der Waals surface area contributed by atoms with Crippen LogP contribution in [0.25, 0.3) is 0 Å². The Morgan fingerprint density at radius 3 is 2.72 bits per heavy atom. The number of anilines is 1. The van der Waals surface area contributed by atoms with Crippen molar-refractivity contribution in [3.05, 3.63) is 29.8 Å². The molecular formula is C15H22N2O. The SMILES string of the molecule is CCc1cccc(NC(=O)C2(N)CCCCC2)c1. The lowest BCUT2D eigenvalue weighted by molar-refractivity contribution is -0.122. The number of nitrogens with one attached hydrogen (secondary N) is 1. The van der Waals surface area contributed by atoms with Gasteiger partial charge in [-0.25, -0.2) is 0 Å². The summed E-state index contributed by atoms with van der Waals surface area (Å²) in [6.07, 6.45) is 5.87. The van der Waals surface area contributed by atoms with Crippen LogP contribution in [0.15, 0.2) is 24.3 Å². The summed E-state index contributed by atoms with van der Waals surface area (Å²) >= 11 is 0. The maximum absolute atomic E-state index is 12.3. The number of aryl methyl sites for hydroxylation is 1. The minimum Gasteiger partial charge on any atom is -0.324 e. The average molecular weight is 246 g/mol. The predicted molar refractivity (Wildman–Crippen MR) is 74.5 cm³/mol. The molecule has 0 aliphatic heterocycles. The van der Waals surface area contributed by atoms with E-state index in [-0.39, 0.29) is 5.91 Å². The van der Waals surface area contributed by atoms with Crippen LogP contribution in [0.4, 0.5) is 5.69 Å². The molecule has 3 N–H and O–H groups in total. The van der Waals surface area contributed by atoms with Gasteiger partial charge >= 0.3 is 0 Å². The monoisotopic (exact) mass is 246 g/mol. The Bertz CT molecular complexity index is 422. The van der Waals surface area contributed by atoms with Crippen molar-refractivity contribution in [2.24, 2.45) is 5.73 Å². The fraction of sp³-hybridized carbons (Fsp3) is 0.533. The lowest BCUT2D eigenvalue weighted by atomic mass is 9.82. The Labute approximate surface area is 109 Å². The van der Waals surface area contributed by atoms with Crippen molar-refractivity contribution < 1.29 is 4.79 Å². The standard InChI is InChI=1S/C15H22N2O/c1-2-12-7-6-8-13(11-12)17-14(18)15(16)9-4-3-5-10-15/h6-8,11H,2-5,9-10,16H2,1H3,(H,17,18). The van der Waals surface area contributed by atoms with Crippen LogP contribution in [0.2, 0.25) is 0 Å². The zero-order valence-corrected chi connectivity index (χ0v) is 11.0. The summed E-state index contributed by atoms with van der Waals surface area (Å²) < 4.78 is 0. The van der Waals surface area contributed by atoms with Gasteiger partial charge in [0.2, 0.25) is 5.91 Å². The van der Waals surface area contributed by atoms with Crippen LogP contribution in [-0.4, -0.2) is 11.4 Å². The summed E-state index contributed by atoms with van der Waals surface area (Å²) in [5.41, 5.74) is 7.62. The molecule has 3 heteroatoms. The molecule has 0 saturated heterocycles. The van der Waals surface area contributed by atoms with Gasteiger partial charge in [0.05, 0.1) is 5.54 Å². The molecule has 2 rings (SSSR count). The van der Waals surface area contributed by atoms with E-state index in [0.29, 0.717) is 0 Å². The van der Waals surface area contributed by atoms with E-state index in [4.69, 9.17) is 5.73 Å². The van der Waals surface area contributed by atoms with Gasteiger partial charge in [-0.2, -0.15) is 0 Å². The first kappa shape index (κ1) is 13.1. The summed E-state index contributed by atoms with van der Waals surface area (Å²) in [4.78, 5) is 12.3. The van der Waals surface area contributed by atoms with Gasteiger partial charge in [-0.15, -0.1) is 0 Å². The minimum absolute atomic E-state index is 0.0320. The Morgan fingerprint density at radius 1 is 1.33 bits per heavy atom. The second kappa shape index (κ2) is 5.53. The van der Waals surface area contributed by atoms with Crippen LogP contribution in [0.3, 0.4) is 0 Å². The summed E-state index contributed by atoms with van der Waals surface area (Å²) in [5, 5.41) is 2.96. The molecule has 1 aliphatic rings. The second-order valence-corrected chi connectivity index (χ2v) is 5.22. The summed E-state index contributed by atoms with van der Waals surface area (Å²) in [6.45, 7) is 2.10. The number of amides is 1. The molecule has 0 radical (unpaired) electrons. The molecule has 1 aromatic carbocycles. The van der Waals surface area contributed by atoms with E-state index in [2.05, 4.69) is 18.3 Å². The van der Waals surface area contributed by atoms with E-state index in [1.165, 1.54) is 12.0 Å². The van der Waals surface area contributed by atoms with Gasteiger partial charge in [0.15, 0.2) is 0 Å². The van der Waals surface area contributed by atoms with Crippen LogP contribution in [0.5, 0.6) is 0 Å².